The first-order valence-electron chi connectivity index (χ1n) is 10.2. The molecule has 2 aliphatic rings. The zero-order chi connectivity index (χ0) is 19.9. The fourth-order valence-electron chi connectivity index (χ4n) is 3.78. The Bertz CT molecular complexity index is 905. The number of fused-ring (bicyclic) bond motifs is 1. The topological polar surface area (TPSA) is 49.4 Å². The van der Waals surface area contributed by atoms with Crippen LogP contribution in [0.4, 0.5) is 11.4 Å². The van der Waals surface area contributed by atoms with Crippen molar-refractivity contribution in [2.45, 2.75) is 51.9 Å². The van der Waals surface area contributed by atoms with Crippen molar-refractivity contribution in [3.63, 3.8) is 0 Å². The van der Waals surface area contributed by atoms with Crippen LogP contribution >= 0.6 is 0 Å². The molecule has 0 aromatic heterocycles. The first-order chi connectivity index (χ1) is 13.3. The Morgan fingerprint density at radius 1 is 1.04 bits per heavy atom. The van der Waals surface area contributed by atoms with E-state index >= 15 is 0 Å². The molecule has 28 heavy (non-hydrogen) atoms. The van der Waals surface area contributed by atoms with Crippen molar-refractivity contribution in [2.75, 3.05) is 16.8 Å². The third-order valence-corrected chi connectivity index (χ3v) is 5.66. The lowest BCUT2D eigenvalue weighted by atomic mass is 9.87. The summed E-state index contributed by atoms with van der Waals surface area (Å²) >= 11 is 0. The molecule has 4 nitrogen and oxygen atoms in total. The normalized spacial score (nSPS) is 16.5. The van der Waals surface area contributed by atoms with Crippen LogP contribution in [0.3, 0.4) is 0 Å². The Labute approximate surface area is 166 Å². The zero-order valence-corrected chi connectivity index (χ0v) is 16.9. The van der Waals surface area contributed by atoms with Gasteiger partial charge in [0.2, 0.25) is 5.91 Å². The third kappa shape index (κ3) is 3.82. The van der Waals surface area contributed by atoms with Crippen molar-refractivity contribution in [1.82, 2.24) is 0 Å². The molecule has 0 unspecified atom stereocenters. The van der Waals surface area contributed by atoms with Crippen LogP contribution in [0.5, 0.6) is 0 Å². The molecule has 0 atom stereocenters. The van der Waals surface area contributed by atoms with Gasteiger partial charge in [-0.2, -0.15) is 0 Å². The van der Waals surface area contributed by atoms with Crippen molar-refractivity contribution in [3.05, 3.63) is 59.2 Å². The molecule has 0 radical (unpaired) electrons. The van der Waals surface area contributed by atoms with Crippen LogP contribution in [-0.4, -0.2) is 18.4 Å². The van der Waals surface area contributed by atoms with Gasteiger partial charge in [0.15, 0.2) is 0 Å². The van der Waals surface area contributed by atoms with E-state index in [1.807, 2.05) is 47.4 Å². The quantitative estimate of drug-likeness (QED) is 0.826. The summed E-state index contributed by atoms with van der Waals surface area (Å²) in [6.45, 7) is 7.28. The molecule has 1 aliphatic heterocycles. The standard InChI is InChI=1S/C24H28N2O2/c1-24(2,3)19-10-8-16(9-11-19)22(27)25-20-12-13-21-18(15-20)5-4-14-26(21)23(28)17-6-7-17/h8-13,15,17H,4-7,14H2,1-3H3,(H,25,27). The lowest BCUT2D eigenvalue weighted by Crippen LogP contribution is -2.36. The van der Waals surface area contributed by atoms with E-state index in [0.717, 1.165) is 49.2 Å². The summed E-state index contributed by atoms with van der Waals surface area (Å²) in [6.07, 6.45) is 3.95. The highest BCUT2D eigenvalue weighted by Gasteiger charge is 2.35. The summed E-state index contributed by atoms with van der Waals surface area (Å²) in [4.78, 5) is 27.1. The van der Waals surface area contributed by atoms with Gasteiger partial charge in [-0.3, -0.25) is 9.59 Å². The van der Waals surface area contributed by atoms with Gasteiger partial charge in [0.1, 0.15) is 0 Å². The molecule has 1 N–H and O–H groups in total. The smallest absolute Gasteiger partial charge is 0.255 e. The number of aryl methyl sites for hydroxylation is 1. The maximum atomic E-state index is 12.6. The molecule has 2 aromatic rings. The maximum absolute atomic E-state index is 12.6. The molecule has 0 saturated heterocycles. The van der Waals surface area contributed by atoms with E-state index in [1.165, 1.54) is 5.56 Å². The van der Waals surface area contributed by atoms with E-state index in [9.17, 15) is 9.59 Å². The molecular formula is C24H28N2O2. The van der Waals surface area contributed by atoms with Crippen molar-refractivity contribution < 1.29 is 9.59 Å². The molecular weight excluding hydrogens is 348 g/mol. The number of carbonyl (C=O) groups is 2. The summed E-state index contributed by atoms with van der Waals surface area (Å²) in [5.74, 6) is 0.375. The highest BCUT2D eigenvalue weighted by Crippen LogP contribution is 2.36. The molecule has 4 heteroatoms. The van der Waals surface area contributed by atoms with E-state index in [-0.39, 0.29) is 23.1 Å². The second-order valence-corrected chi connectivity index (χ2v) is 8.99. The Morgan fingerprint density at radius 2 is 1.75 bits per heavy atom. The fraction of sp³-hybridized carbons (Fsp3) is 0.417. The van der Waals surface area contributed by atoms with Crippen LogP contribution in [0.1, 0.15) is 61.5 Å². The predicted octanol–water partition coefficient (Wildman–Crippen LogP) is 4.93. The number of anilines is 2. The van der Waals surface area contributed by atoms with Gasteiger partial charge in [-0.15, -0.1) is 0 Å². The number of benzene rings is 2. The number of nitrogens with one attached hydrogen (secondary N) is 1. The van der Waals surface area contributed by atoms with Crippen LogP contribution in [0.15, 0.2) is 42.5 Å². The fourth-order valence-corrected chi connectivity index (χ4v) is 3.78. The minimum atomic E-state index is -0.109. The summed E-state index contributed by atoms with van der Waals surface area (Å²) < 4.78 is 0. The highest BCUT2D eigenvalue weighted by molar-refractivity contribution is 6.04. The van der Waals surface area contributed by atoms with Crippen LogP contribution in [0.25, 0.3) is 0 Å². The molecule has 1 saturated carbocycles. The highest BCUT2D eigenvalue weighted by atomic mass is 16.2. The second kappa shape index (κ2) is 7.08. The average molecular weight is 377 g/mol. The zero-order valence-electron chi connectivity index (χ0n) is 16.9. The Hall–Kier alpha value is -2.62. The Morgan fingerprint density at radius 3 is 2.39 bits per heavy atom. The molecule has 1 aliphatic carbocycles. The first-order valence-corrected chi connectivity index (χ1v) is 10.2. The Balaban J connectivity index is 1.49. The molecule has 2 aromatic carbocycles. The lowest BCUT2D eigenvalue weighted by Gasteiger charge is -2.30. The van der Waals surface area contributed by atoms with E-state index in [0.29, 0.717) is 5.56 Å². The van der Waals surface area contributed by atoms with Gasteiger partial charge in [-0.05, 0) is 72.6 Å². The third-order valence-electron chi connectivity index (χ3n) is 5.66. The van der Waals surface area contributed by atoms with Crippen molar-refractivity contribution in [3.8, 4) is 0 Å². The van der Waals surface area contributed by atoms with Gasteiger partial charge in [-0.25, -0.2) is 0 Å². The van der Waals surface area contributed by atoms with Gasteiger partial charge in [0.05, 0.1) is 0 Å². The SMILES string of the molecule is CC(C)(C)c1ccc(C(=O)Nc2ccc3c(c2)CCCN3C(=O)C2CC2)cc1. The van der Waals surface area contributed by atoms with Gasteiger partial charge in [-0.1, -0.05) is 32.9 Å². The molecule has 2 amide bonds. The number of nitrogens with zero attached hydrogens (tertiary/aromatic N) is 1. The second-order valence-electron chi connectivity index (χ2n) is 8.99. The minimum absolute atomic E-state index is 0.0667. The number of hydrogen-bond donors (Lipinski definition) is 1. The van der Waals surface area contributed by atoms with Gasteiger partial charge >= 0.3 is 0 Å². The summed E-state index contributed by atoms with van der Waals surface area (Å²) in [5, 5.41) is 3.00. The summed E-state index contributed by atoms with van der Waals surface area (Å²) in [7, 11) is 0. The van der Waals surface area contributed by atoms with E-state index in [1.54, 1.807) is 0 Å². The van der Waals surface area contributed by atoms with Gasteiger partial charge in [0, 0.05) is 29.4 Å². The number of hydrogen-bond acceptors (Lipinski definition) is 2. The Kier molecular flexibility index (Phi) is 4.74. The molecule has 1 heterocycles. The van der Waals surface area contributed by atoms with Crippen LogP contribution in [0, 0.1) is 5.92 Å². The average Bonchev–Trinajstić information content (AvgIpc) is 3.51. The number of carbonyl (C=O) groups excluding carboxylic acids is 2. The molecule has 1 fully saturated rings. The van der Waals surface area contributed by atoms with Crippen LogP contribution < -0.4 is 10.2 Å². The lowest BCUT2D eigenvalue weighted by molar-refractivity contribution is -0.119. The van der Waals surface area contributed by atoms with Crippen molar-refractivity contribution >= 4 is 23.2 Å². The predicted molar refractivity (Wildman–Crippen MR) is 113 cm³/mol. The van der Waals surface area contributed by atoms with E-state index in [4.69, 9.17) is 0 Å². The van der Waals surface area contributed by atoms with Gasteiger partial charge < -0.3 is 10.2 Å². The number of rotatable bonds is 3. The maximum Gasteiger partial charge on any atom is 0.255 e. The van der Waals surface area contributed by atoms with E-state index < -0.39 is 0 Å². The number of amides is 2. The largest absolute Gasteiger partial charge is 0.322 e. The molecule has 0 bridgehead atoms. The molecule has 0 spiro atoms. The molecule has 146 valence electrons. The minimum Gasteiger partial charge on any atom is -0.322 e. The van der Waals surface area contributed by atoms with E-state index in [2.05, 4.69) is 26.1 Å². The summed E-state index contributed by atoms with van der Waals surface area (Å²) in [6, 6.07) is 13.7. The van der Waals surface area contributed by atoms with Crippen molar-refractivity contribution in [1.29, 1.82) is 0 Å². The molecule has 4 rings (SSSR count). The monoisotopic (exact) mass is 376 g/mol. The summed E-state index contributed by atoms with van der Waals surface area (Å²) in [5.41, 5.74) is 4.85. The van der Waals surface area contributed by atoms with Crippen LogP contribution in [0.2, 0.25) is 0 Å². The van der Waals surface area contributed by atoms with Crippen molar-refractivity contribution in [2.24, 2.45) is 5.92 Å². The van der Waals surface area contributed by atoms with Gasteiger partial charge in [0.25, 0.3) is 5.91 Å². The van der Waals surface area contributed by atoms with Crippen LogP contribution in [-0.2, 0) is 16.6 Å². The first kappa shape index (κ1) is 18.7.